The Kier molecular flexibility index (Phi) is 6.46. The topological polar surface area (TPSA) is 67.0 Å². The molecular weight excluding hydrogens is 485 g/mol. The van der Waals surface area contributed by atoms with Gasteiger partial charge in [-0.25, -0.2) is 9.98 Å². The summed E-state index contributed by atoms with van der Waals surface area (Å²) in [5.74, 6) is 1.50. The van der Waals surface area contributed by atoms with E-state index in [2.05, 4.69) is 19.8 Å². The molecule has 2 aliphatic rings. The van der Waals surface area contributed by atoms with Crippen LogP contribution in [0.25, 0.3) is 0 Å². The number of hydrogen-bond donors (Lipinski definition) is 1. The predicted octanol–water partition coefficient (Wildman–Crippen LogP) is 2.99. The van der Waals surface area contributed by atoms with Crippen molar-refractivity contribution in [3.63, 3.8) is 0 Å². The first kappa shape index (κ1) is 19.5. The molecule has 2 aromatic rings. The number of guanidine groups is 1. The first-order valence-corrected chi connectivity index (χ1v) is 9.60. The minimum atomic E-state index is 0. The summed E-state index contributed by atoms with van der Waals surface area (Å²) < 4.78 is 5.72. The van der Waals surface area contributed by atoms with Crippen LogP contribution in [-0.2, 0) is 13.0 Å². The maximum atomic E-state index is 6.21. The van der Waals surface area contributed by atoms with Crippen LogP contribution in [0.3, 0.4) is 0 Å². The van der Waals surface area contributed by atoms with Crippen LogP contribution in [-0.4, -0.2) is 48.6 Å². The van der Waals surface area contributed by atoms with E-state index in [1.165, 1.54) is 0 Å². The highest BCUT2D eigenvalue weighted by molar-refractivity contribution is 14.0. The SMILES string of the molecule is I.NC(=NCc1cc(Cl)cc2c1OCC2)N1CCN(c2nccs2)CC1. The molecule has 1 fully saturated rings. The first-order chi connectivity index (χ1) is 12.2. The number of ether oxygens (including phenoxy) is 1. The van der Waals surface area contributed by atoms with Crippen molar-refractivity contribution < 1.29 is 4.74 Å². The Morgan fingerprint density at radius 2 is 2.12 bits per heavy atom. The number of benzene rings is 1. The van der Waals surface area contributed by atoms with E-state index in [-0.39, 0.29) is 24.0 Å². The maximum absolute atomic E-state index is 6.21. The van der Waals surface area contributed by atoms with Crippen LogP contribution in [0.4, 0.5) is 5.13 Å². The van der Waals surface area contributed by atoms with Gasteiger partial charge in [-0.2, -0.15) is 0 Å². The van der Waals surface area contributed by atoms with Gasteiger partial charge in [0.2, 0.25) is 0 Å². The second kappa shape index (κ2) is 8.62. The normalized spacial score (nSPS) is 16.9. The molecule has 0 saturated carbocycles. The Bertz CT molecular complexity index is 778. The van der Waals surface area contributed by atoms with Crippen molar-refractivity contribution in [1.82, 2.24) is 9.88 Å². The highest BCUT2D eigenvalue weighted by Gasteiger charge is 2.21. The van der Waals surface area contributed by atoms with Crippen molar-refractivity contribution in [3.8, 4) is 5.75 Å². The lowest BCUT2D eigenvalue weighted by atomic mass is 10.1. The fourth-order valence-electron chi connectivity index (χ4n) is 3.23. The summed E-state index contributed by atoms with van der Waals surface area (Å²) in [5, 5.41) is 3.80. The third kappa shape index (κ3) is 4.17. The number of halogens is 2. The summed E-state index contributed by atoms with van der Waals surface area (Å²) in [6, 6.07) is 3.89. The fraction of sp³-hybridized carbons (Fsp3) is 0.412. The molecule has 26 heavy (non-hydrogen) atoms. The number of hydrogen-bond acceptors (Lipinski definition) is 5. The molecule has 0 unspecified atom stereocenters. The van der Waals surface area contributed by atoms with Gasteiger partial charge in [0.1, 0.15) is 5.75 Å². The molecule has 4 rings (SSSR count). The Labute approximate surface area is 179 Å². The quantitative estimate of drug-likeness (QED) is 0.395. The van der Waals surface area contributed by atoms with Gasteiger partial charge in [0.05, 0.1) is 13.2 Å². The summed E-state index contributed by atoms with van der Waals surface area (Å²) in [5.41, 5.74) is 8.38. The van der Waals surface area contributed by atoms with Crippen molar-refractivity contribution in [2.75, 3.05) is 37.7 Å². The molecule has 3 heterocycles. The molecule has 2 N–H and O–H groups in total. The number of nitrogens with zero attached hydrogens (tertiary/aromatic N) is 4. The van der Waals surface area contributed by atoms with Crippen molar-refractivity contribution in [2.45, 2.75) is 13.0 Å². The first-order valence-electron chi connectivity index (χ1n) is 8.34. The summed E-state index contributed by atoms with van der Waals surface area (Å²) in [6.45, 7) is 4.69. The van der Waals surface area contributed by atoms with Crippen LogP contribution >= 0.6 is 46.9 Å². The molecule has 0 radical (unpaired) electrons. The molecule has 140 valence electrons. The van der Waals surface area contributed by atoms with Crippen molar-refractivity contribution in [2.24, 2.45) is 10.7 Å². The van der Waals surface area contributed by atoms with E-state index in [0.717, 1.165) is 59.6 Å². The molecule has 0 spiro atoms. The molecular formula is C17H21ClIN5OS. The van der Waals surface area contributed by atoms with Crippen molar-refractivity contribution in [3.05, 3.63) is 39.9 Å². The number of rotatable bonds is 3. The van der Waals surface area contributed by atoms with Crippen LogP contribution in [0, 0.1) is 0 Å². The van der Waals surface area contributed by atoms with Gasteiger partial charge in [-0.1, -0.05) is 11.6 Å². The monoisotopic (exact) mass is 505 g/mol. The number of aliphatic imine (C=N–C) groups is 1. The smallest absolute Gasteiger partial charge is 0.191 e. The number of thiazole rings is 1. The molecule has 2 aliphatic heterocycles. The van der Waals surface area contributed by atoms with Crippen LogP contribution in [0.2, 0.25) is 5.02 Å². The third-order valence-corrected chi connectivity index (χ3v) is 5.58. The summed E-state index contributed by atoms with van der Waals surface area (Å²) in [6.07, 6.45) is 2.74. The average molecular weight is 506 g/mol. The van der Waals surface area contributed by atoms with E-state index in [0.29, 0.717) is 19.1 Å². The van der Waals surface area contributed by atoms with E-state index in [4.69, 9.17) is 22.1 Å². The van der Waals surface area contributed by atoms with E-state index in [1.807, 2.05) is 23.7 Å². The highest BCUT2D eigenvalue weighted by atomic mass is 127. The van der Waals surface area contributed by atoms with Gasteiger partial charge in [-0.3, -0.25) is 0 Å². The molecule has 0 bridgehead atoms. The summed E-state index contributed by atoms with van der Waals surface area (Å²) >= 11 is 7.87. The van der Waals surface area contributed by atoms with Gasteiger partial charge >= 0.3 is 0 Å². The molecule has 9 heteroatoms. The Morgan fingerprint density at radius 1 is 1.31 bits per heavy atom. The minimum Gasteiger partial charge on any atom is -0.493 e. The van der Waals surface area contributed by atoms with Crippen molar-refractivity contribution in [1.29, 1.82) is 0 Å². The Hall–Kier alpha value is -1.26. The van der Waals surface area contributed by atoms with Gasteiger partial charge in [0.25, 0.3) is 0 Å². The number of aromatic nitrogens is 1. The zero-order valence-corrected chi connectivity index (χ0v) is 18.1. The van der Waals surface area contributed by atoms with E-state index < -0.39 is 0 Å². The van der Waals surface area contributed by atoms with E-state index in [9.17, 15) is 0 Å². The van der Waals surface area contributed by atoms with Crippen LogP contribution in [0.15, 0.2) is 28.7 Å². The minimum absolute atomic E-state index is 0. The fourth-order valence-corrected chi connectivity index (χ4v) is 4.19. The predicted molar refractivity (Wildman–Crippen MR) is 117 cm³/mol. The van der Waals surface area contributed by atoms with Gasteiger partial charge in [-0.05, 0) is 17.7 Å². The highest BCUT2D eigenvalue weighted by Crippen LogP contribution is 2.33. The van der Waals surface area contributed by atoms with E-state index in [1.54, 1.807) is 11.3 Å². The molecule has 0 aliphatic carbocycles. The number of nitrogens with two attached hydrogens (primary N) is 1. The largest absolute Gasteiger partial charge is 0.493 e. The third-order valence-electron chi connectivity index (χ3n) is 4.53. The summed E-state index contributed by atoms with van der Waals surface area (Å²) in [7, 11) is 0. The van der Waals surface area contributed by atoms with Crippen LogP contribution in [0.5, 0.6) is 5.75 Å². The Morgan fingerprint density at radius 3 is 2.85 bits per heavy atom. The maximum Gasteiger partial charge on any atom is 0.191 e. The molecule has 1 aromatic carbocycles. The average Bonchev–Trinajstić information content (AvgIpc) is 3.31. The van der Waals surface area contributed by atoms with Crippen LogP contribution in [0.1, 0.15) is 11.1 Å². The van der Waals surface area contributed by atoms with Crippen LogP contribution < -0.4 is 15.4 Å². The molecule has 6 nitrogen and oxygen atoms in total. The number of anilines is 1. The van der Waals surface area contributed by atoms with E-state index >= 15 is 0 Å². The molecule has 0 atom stereocenters. The van der Waals surface area contributed by atoms with Gasteiger partial charge in [0, 0.05) is 54.8 Å². The molecule has 1 aromatic heterocycles. The zero-order valence-electron chi connectivity index (χ0n) is 14.2. The van der Waals surface area contributed by atoms with Gasteiger partial charge in [-0.15, -0.1) is 35.3 Å². The van der Waals surface area contributed by atoms with Gasteiger partial charge in [0.15, 0.2) is 11.1 Å². The molecule has 0 amide bonds. The number of piperazine rings is 1. The standard InChI is InChI=1S/C17H20ClN5OS.HI/c18-14-9-12-1-7-24-15(12)13(10-14)11-21-16(19)22-3-5-23(6-4-22)17-20-2-8-25-17;/h2,8-10H,1,3-7,11H2,(H2,19,21);1H. The zero-order chi connectivity index (χ0) is 17.2. The molecule has 1 saturated heterocycles. The number of fused-ring (bicyclic) bond motifs is 1. The van der Waals surface area contributed by atoms with Crippen molar-refractivity contribution >= 4 is 58.0 Å². The Balaban J connectivity index is 0.00000196. The second-order valence-electron chi connectivity index (χ2n) is 6.11. The lowest BCUT2D eigenvalue weighted by Crippen LogP contribution is -2.51. The lowest BCUT2D eigenvalue weighted by Gasteiger charge is -2.35. The van der Waals surface area contributed by atoms with Gasteiger partial charge < -0.3 is 20.3 Å². The lowest BCUT2D eigenvalue weighted by molar-refractivity contribution is 0.353. The second-order valence-corrected chi connectivity index (χ2v) is 7.42. The summed E-state index contributed by atoms with van der Waals surface area (Å²) in [4.78, 5) is 13.3.